The van der Waals surface area contributed by atoms with Crippen molar-refractivity contribution in [3.8, 4) is 0 Å². The maximum atomic E-state index is 4.35. The SMILES string of the molecule is C=C(C(C)CCC)N1CCC(C(C)CCNCCC)C1. The topological polar surface area (TPSA) is 15.3 Å². The molecule has 0 saturated carbocycles. The van der Waals surface area contributed by atoms with E-state index < -0.39 is 0 Å². The maximum Gasteiger partial charge on any atom is 0.0206 e. The van der Waals surface area contributed by atoms with E-state index >= 15 is 0 Å². The summed E-state index contributed by atoms with van der Waals surface area (Å²) in [4.78, 5) is 2.56. The van der Waals surface area contributed by atoms with Crippen LogP contribution in [-0.2, 0) is 0 Å². The molecule has 0 aromatic rings. The minimum Gasteiger partial charge on any atom is -0.375 e. The van der Waals surface area contributed by atoms with Gasteiger partial charge in [-0.2, -0.15) is 0 Å². The molecule has 118 valence electrons. The zero-order chi connectivity index (χ0) is 15.0. The maximum absolute atomic E-state index is 4.35. The van der Waals surface area contributed by atoms with Gasteiger partial charge >= 0.3 is 0 Å². The van der Waals surface area contributed by atoms with Crippen LogP contribution in [0.25, 0.3) is 0 Å². The van der Waals surface area contributed by atoms with Gasteiger partial charge in [-0.25, -0.2) is 0 Å². The lowest BCUT2D eigenvalue weighted by Crippen LogP contribution is -2.26. The average Bonchev–Trinajstić information content (AvgIpc) is 2.92. The van der Waals surface area contributed by atoms with E-state index in [9.17, 15) is 0 Å². The largest absolute Gasteiger partial charge is 0.375 e. The highest BCUT2D eigenvalue weighted by Crippen LogP contribution is 2.30. The van der Waals surface area contributed by atoms with Crippen molar-refractivity contribution in [2.75, 3.05) is 26.2 Å². The summed E-state index contributed by atoms with van der Waals surface area (Å²) in [5.74, 6) is 2.35. The van der Waals surface area contributed by atoms with Gasteiger partial charge in [0, 0.05) is 18.8 Å². The first-order chi connectivity index (χ1) is 9.60. The monoisotopic (exact) mass is 280 g/mol. The summed E-state index contributed by atoms with van der Waals surface area (Å²) in [7, 11) is 0. The molecule has 0 aromatic heterocycles. The van der Waals surface area contributed by atoms with E-state index in [1.807, 2.05) is 0 Å². The van der Waals surface area contributed by atoms with Crippen LogP contribution in [0.1, 0.15) is 59.8 Å². The fourth-order valence-electron chi connectivity index (χ4n) is 3.29. The Labute approximate surface area is 127 Å². The second kappa shape index (κ2) is 9.44. The van der Waals surface area contributed by atoms with E-state index in [0.717, 1.165) is 18.4 Å². The third-order valence-corrected chi connectivity index (χ3v) is 4.93. The first kappa shape index (κ1) is 17.6. The lowest BCUT2D eigenvalue weighted by atomic mass is 9.90. The molecular formula is C18H36N2. The standard InChI is InChI=1S/C18H36N2/c1-6-8-15(3)17(5)20-13-10-18(14-20)16(4)9-12-19-11-7-2/h15-16,18-19H,5-14H2,1-4H3. The summed E-state index contributed by atoms with van der Waals surface area (Å²) >= 11 is 0. The molecule has 1 N–H and O–H groups in total. The van der Waals surface area contributed by atoms with Crippen molar-refractivity contribution in [2.45, 2.75) is 59.8 Å². The molecule has 0 aliphatic carbocycles. The minimum atomic E-state index is 0.653. The third-order valence-electron chi connectivity index (χ3n) is 4.93. The van der Waals surface area contributed by atoms with Gasteiger partial charge < -0.3 is 10.2 Å². The van der Waals surface area contributed by atoms with Crippen molar-refractivity contribution in [2.24, 2.45) is 17.8 Å². The van der Waals surface area contributed by atoms with Gasteiger partial charge in [0.25, 0.3) is 0 Å². The number of hydrogen-bond acceptors (Lipinski definition) is 2. The lowest BCUT2D eigenvalue weighted by Gasteiger charge is -2.27. The molecule has 1 aliphatic rings. The van der Waals surface area contributed by atoms with E-state index in [1.165, 1.54) is 57.4 Å². The number of likely N-dealkylation sites (tertiary alicyclic amines) is 1. The van der Waals surface area contributed by atoms with Crippen molar-refractivity contribution in [1.82, 2.24) is 10.2 Å². The van der Waals surface area contributed by atoms with Crippen molar-refractivity contribution in [1.29, 1.82) is 0 Å². The van der Waals surface area contributed by atoms with Crippen LogP contribution in [-0.4, -0.2) is 31.1 Å². The second-order valence-electron chi connectivity index (χ2n) is 6.69. The summed E-state index contributed by atoms with van der Waals surface area (Å²) in [5.41, 5.74) is 1.38. The smallest absolute Gasteiger partial charge is 0.0206 e. The zero-order valence-electron chi connectivity index (χ0n) is 14.3. The first-order valence-corrected chi connectivity index (χ1v) is 8.74. The normalized spacial score (nSPS) is 22.0. The predicted octanol–water partition coefficient (Wildman–Crippen LogP) is 4.28. The molecule has 20 heavy (non-hydrogen) atoms. The highest BCUT2D eigenvalue weighted by Gasteiger charge is 2.28. The third kappa shape index (κ3) is 5.47. The van der Waals surface area contributed by atoms with Crippen molar-refractivity contribution in [3.63, 3.8) is 0 Å². The van der Waals surface area contributed by atoms with Gasteiger partial charge in [-0.3, -0.25) is 0 Å². The molecule has 1 fully saturated rings. The predicted molar refractivity (Wildman–Crippen MR) is 89.8 cm³/mol. The fraction of sp³-hybridized carbons (Fsp3) is 0.889. The Morgan fingerprint density at radius 2 is 1.95 bits per heavy atom. The van der Waals surface area contributed by atoms with Crippen LogP contribution in [0, 0.1) is 17.8 Å². The number of allylic oxidation sites excluding steroid dienone is 1. The molecule has 2 heteroatoms. The van der Waals surface area contributed by atoms with Crippen LogP contribution in [0.4, 0.5) is 0 Å². The van der Waals surface area contributed by atoms with E-state index in [4.69, 9.17) is 0 Å². The Kier molecular flexibility index (Phi) is 8.28. The van der Waals surface area contributed by atoms with E-state index in [-0.39, 0.29) is 0 Å². The van der Waals surface area contributed by atoms with Crippen molar-refractivity contribution >= 4 is 0 Å². The molecule has 3 atom stereocenters. The van der Waals surface area contributed by atoms with Gasteiger partial charge in [-0.15, -0.1) is 0 Å². The van der Waals surface area contributed by atoms with Gasteiger partial charge in [-0.1, -0.05) is 40.7 Å². The molecule has 1 saturated heterocycles. The van der Waals surface area contributed by atoms with Gasteiger partial charge in [0.05, 0.1) is 0 Å². The van der Waals surface area contributed by atoms with Crippen LogP contribution < -0.4 is 5.32 Å². The number of nitrogens with one attached hydrogen (secondary N) is 1. The van der Waals surface area contributed by atoms with Crippen LogP contribution in [0.15, 0.2) is 12.3 Å². The molecule has 0 spiro atoms. The Morgan fingerprint density at radius 3 is 2.60 bits per heavy atom. The second-order valence-corrected chi connectivity index (χ2v) is 6.69. The highest BCUT2D eigenvalue weighted by molar-refractivity contribution is 5.01. The summed E-state index contributed by atoms with van der Waals surface area (Å²) in [6.45, 7) is 18.4. The Balaban J connectivity index is 2.29. The first-order valence-electron chi connectivity index (χ1n) is 8.74. The molecule has 0 amide bonds. The zero-order valence-corrected chi connectivity index (χ0v) is 14.3. The molecule has 3 unspecified atom stereocenters. The molecular weight excluding hydrogens is 244 g/mol. The minimum absolute atomic E-state index is 0.653. The molecule has 1 aliphatic heterocycles. The number of rotatable bonds is 10. The summed E-state index contributed by atoms with van der Waals surface area (Å²) in [6.07, 6.45) is 6.44. The Bertz CT molecular complexity index is 275. The fourth-order valence-corrected chi connectivity index (χ4v) is 3.29. The van der Waals surface area contributed by atoms with Gasteiger partial charge in [-0.05, 0) is 56.5 Å². The average molecular weight is 280 g/mol. The van der Waals surface area contributed by atoms with Gasteiger partial charge in [0.1, 0.15) is 0 Å². The van der Waals surface area contributed by atoms with Gasteiger partial charge in [0.15, 0.2) is 0 Å². The summed E-state index contributed by atoms with van der Waals surface area (Å²) < 4.78 is 0. The molecule has 1 heterocycles. The van der Waals surface area contributed by atoms with E-state index in [0.29, 0.717) is 5.92 Å². The summed E-state index contributed by atoms with van der Waals surface area (Å²) in [5, 5.41) is 3.53. The Morgan fingerprint density at radius 1 is 1.20 bits per heavy atom. The van der Waals surface area contributed by atoms with E-state index in [1.54, 1.807) is 0 Å². The highest BCUT2D eigenvalue weighted by atomic mass is 15.2. The molecule has 1 rings (SSSR count). The molecule has 0 aromatic carbocycles. The molecule has 0 bridgehead atoms. The Hall–Kier alpha value is -0.500. The van der Waals surface area contributed by atoms with Crippen LogP contribution in [0.5, 0.6) is 0 Å². The number of hydrogen-bond donors (Lipinski definition) is 1. The van der Waals surface area contributed by atoms with Crippen LogP contribution in [0.2, 0.25) is 0 Å². The molecule has 2 nitrogen and oxygen atoms in total. The quantitative estimate of drug-likeness (QED) is 0.601. The number of nitrogens with zero attached hydrogens (tertiary/aromatic N) is 1. The lowest BCUT2D eigenvalue weighted by molar-refractivity contribution is 0.305. The van der Waals surface area contributed by atoms with Crippen LogP contribution >= 0.6 is 0 Å². The summed E-state index contributed by atoms with van der Waals surface area (Å²) in [6, 6.07) is 0. The van der Waals surface area contributed by atoms with Crippen molar-refractivity contribution in [3.05, 3.63) is 12.3 Å². The van der Waals surface area contributed by atoms with E-state index in [2.05, 4.69) is 44.5 Å². The van der Waals surface area contributed by atoms with Crippen molar-refractivity contribution < 1.29 is 0 Å². The van der Waals surface area contributed by atoms with Gasteiger partial charge in [0.2, 0.25) is 0 Å². The van der Waals surface area contributed by atoms with Crippen LogP contribution in [0.3, 0.4) is 0 Å². The molecule has 0 radical (unpaired) electrons.